The predicted molar refractivity (Wildman–Crippen MR) is 89.1 cm³/mol. The molecule has 0 radical (unpaired) electrons. The van der Waals surface area contributed by atoms with Crippen LogP contribution in [0.1, 0.15) is 30.3 Å². The van der Waals surface area contributed by atoms with Crippen molar-refractivity contribution in [2.75, 3.05) is 23.3 Å². The Labute approximate surface area is 143 Å². The molecule has 1 saturated heterocycles. The van der Waals surface area contributed by atoms with Crippen LogP contribution in [-0.2, 0) is 0 Å². The molecule has 0 aliphatic carbocycles. The first kappa shape index (κ1) is 17.3. The fraction of sp³-hybridized carbons (Fsp3) is 0.333. The van der Waals surface area contributed by atoms with Crippen molar-refractivity contribution in [3.8, 4) is 0 Å². The van der Waals surface area contributed by atoms with Crippen LogP contribution in [0, 0.1) is 23.4 Å². The normalized spacial score (nSPS) is 15.3. The largest absolute Gasteiger partial charge is 0.371 e. The van der Waals surface area contributed by atoms with Crippen LogP contribution in [0.3, 0.4) is 0 Å². The van der Waals surface area contributed by atoms with Gasteiger partial charge in [0.2, 0.25) is 0 Å². The second-order valence-electron chi connectivity index (χ2n) is 6.25. The maximum Gasteiger partial charge on any atom is 0.274 e. The number of carbonyl (C=O) groups excluding carboxylic acids is 1. The van der Waals surface area contributed by atoms with Crippen molar-refractivity contribution in [3.05, 3.63) is 53.6 Å². The van der Waals surface area contributed by atoms with Crippen LogP contribution in [0.4, 0.5) is 24.5 Å². The van der Waals surface area contributed by atoms with Gasteiger partial charge in [0.05, 0.1) is 5.69 Å². The molecule has 1 amide bonds. The van der Waals surface area contributed by atoms with Crippen molar-refractivity contribution in [1.82, 2.24) is 4.98 Å². The number of pyridine rings is 1. The van der Waals surface area contributed by atoms with Crippen molar-refractivity contribution in [3.63, 3.8) is 0 Å². The van der Waals surface area contributed by atoms with Gasteiger partial charge < -0.3 is 10.2 Å². The number of halogens is 3. The molecule has 2 aromatic rings. The summed E-state index contributed by atoms with van der Waals surface area (Å²) in [6.07, 6.45) is 3.65. The maximum atomic E-state index is 13.7. The second-order valence-corrected chi connectivity index (χ2v) is 6.25. The highest BCUT2D eigenvalue weighted by atomic mass is 19.2. The first-order valence-electron chi connectivity index (χ1n) is 8.11. The summed E-state index contributed by atoms with van der Waals surface area (Å²) in [4.78, 5) is 18.4. The molecule has 3 rings (SSSR count). The summed E-state index contributed by atoms with van der Waals surface area (Å²) < 4.78 is 39.9. The molecular weight excluding hydrogens is 331 g/mol. The lowest BCUT2D eigenvalue weighted by Crippen LogP contribution is -2.33. The van der Waals surface area contributed by atoms with Crippen LogP contribution in [-0.4, -0.2) is 24.0 Å². The molecule has 0 atom stereocenters. The highest BCUT2D eigenvalue weighted by Gasteiger charge is 2.19. The van der Waals surface area contributed by atoms with Gasteiger partial charge in [-0.1, -0.05) is 6.92 Å². The molecule has 0 saturated carbocycles. The van der Waals surface area contributed by atoms with Crippen LogP contribution in [0.25, 0.3) is 0 Å². The molecule has 1 aliphatic rings. The van der Waals surface area contributed by atoms with Gasteiger partial charge in [-0.15, -0.1) is 0 Å². The lowest BCUT2D eigenvalue weighted by molar-refractivity contribution is 0.102. The number of rotatable bonds is 3. The number of anilines is 2. The minimum atomic E-state index is -1.62. The lowest BCUT2D eigenvalue weighted by Gasteiger charge is -2.32. The van der Waals surface area contributed by atoms with E-state index >= 15 is 0 Å². The SMILES string of the molecule is CC1CCN(c2ccnc(C(=O)Nc3ccc(F)c(F)c3F)c2)CC1. The molecule has 2 heterocycles. The highest BCUT2D eigenvalue weighted by molar-refractivity contribution is 6.03. The first-order valence-corrected chi connectivity index (χ1v) is 8.11. The Hall–Kier alpha value is -2.57. The maximum absolute atomic E-state index is 13.7. The quantitative estimate of drug-likeness (QED) is 0.853. The van der Waals surface area contributed by atoms with Gasteiger partial charge in [0.15, 0.2) is 17.5 Å². The number of nitrogens with one attached hydrogen (secondary N) is 1. The second kappa shape index (κ2) is 7.13. The van der Waals surface area contributed by atoms with Gasteiger partial charge in [0.25, 0.3) is 5.91 Å². The van der Waals surface area contributed by atoms with E-state index < -0.39 is 29.0 Å². The molecule has 25 heavy (non-hydrogen) atoms. The molecule has 4 nitrogen and oxygen atoms in total. The predicted octanol–water partition coefficient (Wildman–Crippen LogP) is 3.99. The number of hydrogen-bond acceptors (Lipinski definition) is 3. The zero-order chi connectivity index (χ0) is 18.0. The first-order chi connectivity index (χ1) is 12.0. The Morgan fingerprint density at radius 1 is 1.16 bits per heavy atom. The Kier molecular flexibility index (Phi) is 4.92. The molecule has 132 valence electrons. The van der Waals surface area contributed by atoms with Crippen molar-refractivity contribution >= 4 is 17.3 Å². The summed E-state index contributed by atoms with van der Waals surface area (Å²) in [6, 6.07) is 5.16. The molecule has 0 unspecified atom stereocenters. The molecule has 7 heteroatoms. The summed E-state index contributed by atoms with van der Waals surface area (Å²) >= 11 is 0. The minimum Gasteiger partial charge on any atom is -0.371 e. The van der Waals surface area contributed by atoms with E-state index in [2.05, 4.69) is 22.1 Å². The van der Waals surface area contributed by atoms with E-state index in [9.17, 15) is 18.0 Å². The zero-order valence-corrected chi connectivity index (χ0v) is 13.7. The van der Waals surface area contributed by atoms with Gasteiger partial charge in [0, 0.05) is 25.0 Å². The monoisotopic (exact) mass is 349 g/mol. The molecule has 1 aromatic heterocycles. The lowest BCUT2D eigenvalue weighted by atomic mass is 9.99. The Morgan fingerprint density at radius 2 is 1.88 bits per heavy atom. The fourth-order valence-corrected chi connectivity index (χ4v) is 2.82. The molecule has 0 spiro atoms. The number of hydrogen-bond donors (Lipinski definition) is 1. The summed E-state index contributed by atoms with van der Waals surface area (Å²) in [5, 5.41) is 2.23. The van der Waals surface area contributed by atoms with E-state index in [1.807, 2.05) is 6.07 Å². The Morgan fingerprint density at radius 3 is 2.60 bits per heavy atom. The number of benzene rings is 1. The van der Waals surface area contributed by atoms with E-state index in [4.69, 9.17) is 0 Å². The third-order valence-corrected chi connectivity index (χ3v) is 4.41. The zero-order valence-electron chi connectivity index (χ0n) is 13.7. The van der Waals surface area contributed by atoms with E-state index in [0.717, 1.165) is 43.8 Å². The minimum absolute atomic E-state index is 0.0836. The summed E-state index contributed by atoms with van der Waals surface area (Å²) in [5.74, 6) is -4.37. The molecular formula is C18H18F3N3O. The van der Waals surface area contributed by atoms with E-state index in [0.29, 0.717) is 5.92 Å². The fourth-order valence-electron chi connectivity index (χ4n) is 2.82. The molecule has 1 aliphatic heterocycles. The van der Waals surface area contributed by atoms with Gasteiger partial charge in [-0.2, -0.15) is 0 Å². The summed E-state index contributed by atoms with van der Waals surface area (Å²) in [5.41, 5.74) is 0.515. The van der Waals surface area contributed by atoms with Crippen LogP contribution in [0.2, 0.25) is 0 Å². The van der Waals surface area contributed by atoms with Crippen LogP contribution < -0.4 is 10.2 Å². The Bertz CT molecular complexity index is 789. The third-order valence-electron chi connectivity index (χ3n) is 4.41. The van der Waals surface area contributed by atoms with Gasteiger partial charge in [-0.25, -0.2) is 13.2 Å². The van der Waals surface area contributed by atoms with E-state index in [1.54, 1.807) is 6.07 Å². The number of carbonyl (C=O) groups is 1. The standard InChI is InChI=1S/C18H18F3N3O/c1-11-5-8-24(9-6-11)12-4-7-22-15(10-12)18(25)23-14-3-2-13(19)16(20)17(14)21/h2-4,7,10-11H,5-6,8-9H2,1H3,(H,23,25). The van der Waals surface area contributed by atoms with Crippen LogP contribution in [0.15, 0.2) is 30.5 Å². The van der Waals surface area contributed by atoms with Crippen molar-refractivity contribution < 1.29 is 18.0 Å². The molecule has 1 fully saturated rings. The smallest absolute Gasteiger partial charge is 0.274 e. The average molecular weight is 349 g/mol. The van der Waals surface area contributed by atoms with Gasteiger partial charge in [-0.05, 0) is 43.0 Å². The van der Waals surface area contributed by atoms with Crippen LogP contribution in [0.5, 0.6) is 0 Å². The number of aromatic nitrogens is 1. The van der Waals surface area contributed by atoms with Crippen molar-refractivity contribution in [2.24, 2.45) is 5.92 Å². The van der Waals surface area contributed by atoms with Gasteiger partial charge >= 0.3 is 0 Å². The molecule has 0 bridgehead atoms. The number of piperidine rings is 1. The van der Waals surface area contributed by atoms with E-state index in [-0.39, 0.29) is 5.69 Å². The number of amides is 1. The van der Waals surface area contributed by atoms with E-state index in [1.165, 1.54) is 6.20 Å². The highest BCUT2D eigenvalue weighted by Crippen LogP contribution is 2.24. The summed E-state index contributed by atoms with van der Waals surface area (Å²) in [7, 11) is 0. The van der Waals surface area contributed by atoms with Crippen LogP contribution >= 0.6 is 0 Å². The van der Waals surface area contributed by atoms with Gasteiger partial charge in [-0.3, -0.25) is 9.78 Å². The average Bonchev–Trinajstić information content (AvgIpc) is 2.63. The van der Waals surface area contributed by atoms with Crippen molar-refractivity contribution in [2.45, 2.75) is 19.8 Å². The van der Waals surface area contributed by atoms with Crippen molar-refractivity contribution in [1.29, 1.82) is 0 Å². The third kappa shape index (κ3) is 3.75. The Balaban J connectivity index is 1.77. The molecule has 1 aromatic carbocycles. The number of nitrogens with zero attached hydrogens (tertiary/aromatic N) is 2. The topological polar surface area (TPSA) is 45.2 Å². The molecule has 1 N–H and O–H groups in total. The van der Waals surface area contributed by atoms with Gasteiger partial charge in [0.1, 0.15) is 5.69 Å². The summed E-state index contributed by atoms with van der Waals surface area (Å²) in [6.45, 7) is 3.99.